The Morgan fingerprint density at radius 3 is 2.48 bits per heavy atom. The van der Waals surface area contributed by atoms with Crippen molar-refractivity contribution in [2.45, 2.75) is 38.6 Å². The van der Waals surface area contributed by atoms with Crippen LogP contribution in [-0.4, -0.2) is 59.0 Å². The molecule has 25 heavy (non-hydrogen) atoms. The number of carbonyl (C=O) groups excluding carboxylic acids is 1. The number of carboxylic acid groups (broad SMARTS) is 1. The molecule has 138 valence electrons. The fourth-order valence-corrected chi connectivity index (χ4v) is 3.58. The van der Waals surface area contributed by atoms with E-state index in [0.29, 0.717) is 42.5 Å². The average molecular weight is 387 g/mol. The SMILES string of the molecule is CCN(CC(=O)O)C1CCN(C(=O)CCc2ccc(Cl)c(Cl)c2)CC1. The van der Waals surface area contributed by atoms with E-state index in [9.17, 15) is 9.59 Å². The monoisotopic (exact) mass is 386 g/mol. The van der Waals surface area contributed by atoms with E-state index in [4.69, 9.17) is 28.3 Å². The average Bonchev–Trinajstić information content (AvgIpc) is 2.60. The van der Waals surface area contributed by atoms with Gasteiger partial charge in [0.2, 0.25) is 5.91 Å². The van der Waals surface area contributed by atoms with Crippen LogP contribution < -0.4 is 0 Å². The fraction of sp³-hybridized carbons (Fsp3) is 0.556. The van der Waals surface area contributed by atoms with Gasteiger partial charge >= 0.3 is 5.97 Å². The minimum atomic E-state index is -0.804. The highest BCUT2D eigenvalue weighted by Crippen LogP contribution is 2.23. The van der Waals surface area contributed by atoms with E-state index in [-0.39, 0.29) is 18.5 Å². The molecule has 0 unspecified atom stereocenters. The van der Waals surface area contributed by atoms with Gasteiger partial charge in [0, 0.05) is 25.6 Å². The summed E-state index contributed by atoms with van der Waals surface area (Å²) >= 11 is 11.9. The molecule has 1 aliphatic rings. The maximum absolute atomic E-state index is 12.4. The first-order chi connectivity index (χ1) is 11.9. The van der Waals surface area contributed by atoms with Gasteiger partial charge in [-0.3, -0.25) is 14.5 Å². The number of nitrogens with zero attached hydrogens (tertiary/aromatic N) is 2. The van der Waals surface area contributed by atoms with Crippen LogP contribution in [0.5, 0.6) is 0 Å². The largest absolute Gasteiger partial charge is 0.480 e. The van der Waals surface area contributed by atoms with Gasteiger partial charge in [0.15, 0.2) is 0 Å². The van der Waals surface area contributed by atoms with E-state index in [2.05, 4.69) is 0 Å². The Morgan fingerprint density at radius 2 is 1.92 bits per heavy atom. The highest BCUT2D eigenvalue weighted by molar-refractivity contribution is 6.42. The van der Waals surface area contributed by atoms with E-state index in [0.717, 1.165) is 18.4 Å². The number of likely N-dealkylation sites (tertiary alicyclic amines) is 1. The molecule has 1 aliphatic heterocycles. The van der Waals surface area contributed by atoms with Crippen LogP contribution in [0.1, 0.15) is 31.7 Å². The zero-order chi connectivity index (χ0) is 18.4. The zero-order valence-electron chi connectivity index (χ0n) is 14.4. The lowest BCUT2D eigenvalue weighted by molar-refractivity contribution is -0.140. The van der Waals surface area contributed by atoms with Gasteiger partial charge in [-0.25, -0.2) is 0 Å². The first-order valence-electron chi connectivity index (χ1n) is 8.58. The molecule has 7 heteroatoms. The smallest absolute Gasteiger partial charge is 0.317 e. The number of aliphatic carboxylic acids is 1. The van der Waals surface area contributed by atoms with Crippen molar-refractivity contribution in [1.82, 2.24) is 9.80 Å². The molecular formula is C18H24Cl2N2O3. The molecule has 0 aliphatic carbocycles. The van der Waals surface area contributed by atoms with Gasteiger partial charge in [-0.1, -0.05) is 36.2 Å². The van der Waals surface area contributed by atoms with Crippen molar-refractivity contribution >= 4 is 35.1 Å². The van der Waals surface area contributed by atoms with Gasteiger partial charge in [-0.05, 0) is 43.5 Å². The molecule has 0 saturated carbocycles. The van der Waals surface area contributed by atoms with Crippen molar-refractivity contribution in [2.24, 2.45) is 0 Å². The van der Waals surface area contributed by atoms with Crippen LogP contribution >= 0.6 is 23.2 Å². The van der Waals surface area contributed by atoms with Crippen LogP contribution in [0.4, 0.5) is 0 Å². The molecule has 2 rings (SSSR count). The maximum atomic E-state index is 12.4. The highest BCUT2D eigenvalue weighted by Gasteiger charge is 2.26. The summed E-state index contributed by atoms with van der Waals surface area (Å²) in [5, 5.41) is 10.00. The maximum Gasteiger partial charge on any atom is 0.317 e. The van der Waals surface area contributed by atoms with Crippen LogP contribution in [-0.2, 0) is 16.0 Å². The molecule has 0 atom stereocenters. The summed E-state index contributed by atoms with van der Waals surface area (Å²) < 4.78 is 0. The van der Waals surface area contributed by atoms with E-state index in [1.54, 1.807) is 12.1 Å². The summed E-state index contributed by atoms with van der Waals surface area (Å²) in [6.07, 6.45) is 2.71. The number of likely N-dealkylation sites (N-methyl/N-ethyl adjacent to an activating group) is 1. The van der Waals surface area contributed by atoms with Crippen molar-refractivity contribution in [3.8, 4) is 0 Å². The van der Waals surface area contributed by atoms with E-state index >= 15 is 0 Å². The number of carboxylic acids is 1. The molecule has 0 aromatic heterocycles. The fourth-order valence-electron chi connectivity index (χ4n) is 3.26. The lowest BCUT2D eigenvalue weighted by Crippen LogP contribution is -2.48. The third-order valence-electron chi connectivity index (χ3n) is 4.69. The van der Waals surface area contributed by atoms with Crippen LogP contribution in [0.15, 0.2) is 18.2 Å². The number of hydrogen-bond donors (Lipinski definition) is 1. The number of benzene rings is 1. The summed E-state index contributed by atoms with van der Waals surface area (Å²) in [6.45, 7) is 4.11. The number of piperidine rings is 1. The number of aryl methyl sites for hydroxylation is 1. The Kier molecular flexibility index (Phi) is 7.54. The van der Waals surface area contributed by atoms with Gasteiger partial charge in [-0.2, -0.15) is 0 Å². The normalized spacial score (nSPS) is 15.6. The van der Waals surface area contributed by atoms with Crippen molar-refractivity contribution in [3.63, 3.8) is 0 Å². The Balaban J connectivity index is 1.80. The number of halogens is 2. The second-order valence-electron chi connectivity index (χ2n) is 6.32. The first-order valence-corrected chi connectivity index (χ1v) is 9.33. The molecule has 1 fully saturated rings. The molecular weight excluding hydrogens is 363 g/mol. The van der Waals surface area contributed by atoms with Crippen molar-refractivity contribution < 1.29 is 14.7 Å². The molecule has 1 heterocycles. The van der Waals surface area contributed by atoms with Crippen LogP contribution in [0.25, 0.3) is 0 Å². The third kappa shape index (κ3) is 5.87. The quantitative estimate of drug-likeness (QED) is 0.780. The molecule has 0 bridgehead atoms. The minimum absolute atomic E-state index is 0.0619. The second kappa shape index (κ2) is 9.41. The summed E-state index contributed by atoms with van der Waals surface area (Å²) in [7, 11) is 0. The summed E-state index contributed by atoms with van der Waals surface area (Å²) in [6, 6.07) is 5.67. The first kappa shape index (κ1) is 20.0. The zero-order valence-corrected chi connectivity index (χ0v) is 15.9. The molecule has 5 nitrogen and oxygen atoms in total. The van der Waals surface area contributed by atoms with Gasteiger partial charge in [0.05, 0.1) is 16.6 Å². The van der Waals surface area contributed by atoms with E-state index in [1.165, 1.54) is 0 Å². The molecule has 1 saturated heterocycles. The Hall–Kier alpha value is -1.30. The van der Waals surface area contributed by atoms with E-state index in [1.807, 2.05) is 22.8 Å². The topological polar surface area (TPSA) is 60.9 Å². The molecule has 0 spiro atoms. The van der Waals surface area contributed by atoms with Crippen LogP contribution in [0.3, 0.4) is 0 Å². The van der Waals surface area contributed by atoms with Crippen LogP contribution in [0, 0.1) is 0 Å². The summed E-state index contributed by atoms with van der Waals surface area (Å²) in [4.78, 5) is 27.2. The van der Waals surface area contributed by atoms with Crippen molar-refractivity contribution in [2.75, 3.05) is 26.2 Å². The molecule has 1 aromatic carbocycles. The predicted octanol–water partition coefficient (Wildman–Crippen LogP) is 3.32. The predicted molar refractivity (Wildman–Crippen MR) is 99.3 cm³/mol. The number of carbonyl (C=O) groups is 2. The molecule has 1 N–H and O–H groups in total. The molecule has 1 aromatic rings. The van der Waals surface area contributed by atoms with E-state index < -0.39 is 5.97 Å². The summed E-state index contributed by atoms with van der Waals surface area (Å²) in [5.74, 6) is -0.673. The van der Waals surface area contributed by atoms with Crippen molar-refractivity contribution in [3.05, 3.63) is 33.8 Å². The number of rotatable bonds is 7. The Morgan fingerprint density at radius 1 is 1.24 bits per heavy atom. The van der Waals surface area contributed by atoms with Gasteiger partial charge in [-0.15, -0.1) is 0 Å². The minimum Gasteiger partial charge on any atom is -0.480 e. The second-order valence-corrected chi connectivity index (χ2v) is 7.13. The third-order valence-corrected chi connectivity index (χ3v) is 5.43. The number of hydrogen-bond acceptors (Lipinski definition) is 3. The summed E-state index contributed by atoms with van der Waals surface area (Å²) in [5.41, 5.74) is 0.997. The van der Waals surface area contributed by atoms with Gasteiger partial charge in [0.25, 0.3) is 0 Å². The Bertz CT molecular complexity index is 616. The van der Waals surface area contributed by atoms with Crippen LogP contribution in [0.2, 0.25) is 10.0 Å². The Labute approximate surface area is 158 Å². The van der Waals surface area contributed by atoms with Gasteiger partial charge < -0.3 is 10.0 Å². The highest BCUT2D eigenvalue weighted by atomic mass is 35.5. The van der Waals surface area contributed by atoms with Crippen molar-refractivity contribution in [1.29, 1.82) is 0 Å². The molecule has 0 radical (unpaired) electrons. The number of amides is 1. The lowest BCUT2D eigenvalue weighted by Gasteiger charge is -2.37. The lowest BCUT2D eigenvalue weighted by atomic mass is 10.0. The van der Waals surface area contributed by atoms with Gasteiger partial charge in [0.1, 0.15) is 0 Å². The standard InChI is InChI=1S/C18H24Cl2N2O3/c1-2-21(12-18(24)25)14-7-9-22(10-8-14)17(23)6-4-13-3-5-15(19)16(20)11-13/h3,5,11,14H,2,4,6-10,12H2,1H3,(H,24,25). The molecule has 1 amide bonds.